The van der Waals surface area contributed by atoms with Gasteiger partial charge in [-0.3, -0.25) is 4.57 Å². The van der Waals surface area contributed by atoms with Crippen LogP contribution in [0.4, 0.5) is 4.39 Å². The lowest BCUT2D eigenvalue weighted by Crippen LogP contribution is -1.97. The molecule has 0 aromatic heterocycles. The van der Waals surface area contributed by atoms with E-state index in [1.807, 2.05) is 30.3 Å². The zero-order chi connectivity index (χ0) is 15.0. The summed E-state index contributed by atoms with van der Waals surface area (Å²) >= 11 is 2.40. The summed E-state index contributed by atoms with van der Waals surface area (Å²) in [6.07, 6.45) is 1.73. The molecule has 0 aliphatic heterocycles. The molecule has 0 unspecified atom stereocenters. The SMILES string of the molecule is CCOP(=O)(OCC)/C(F)=C(/SC)Sc1ccccc1. The van der Waals surface area contributed by atoms with Crippen LogP contribution in [0.1, 0.15) is 13.8 Å². The molecule has 0 amide bonds. The maximum absolute atomic E-state index is 14.5. The molecule has 3 nitrogen and oxygen atoms in total. The second-order valence-corrected chi connectivity index (χ2v) is 7.59. The molecule has 0 saturated heterocycles. The van der Waals surface area contributed by atoms with Crippen LogP contribution >= 0.6 is 31.1 Å². The van der Waals surface area contributed by atoms with Crippen LogP contribution in [0.5, 0.6) is 0 Å². The van der Waals surface area contributed by atoms with Gasteiger partial charge < -0.3 is 9.05 Å². The van der Waals surface area contributed by atoms with Gasteiger partial charge in [0.05, 0.1) is 17.5 Å². The molecule has 0 saturated carbocycles. The summed E-state index contributed by atoms with van der Waals surface area (Å²) in [5, 5.41) is 0. The molecule has 0 radical (unpaired) electrons. The predicted octanol–water partition coefficient (Wildman–Crippen LogP) is 5.50. The minimum absolute atomic E-state index is 0.127. The third-order valence-electron chi connectivity index (χ3n) is 2.15. The number of thioether (sulfide) groups is 2. The summed E-state index contributed by atoms with van der Waals surface area (Å²) in [5.41, 5.74) is -0.817. The molecule has 7 heteroatoms. The quantitative estimate of drug-likeness (QED) is 0.462. The van der Waals surface area contributed by atoms with E-state index in [4.69, 9.17) is 9.05 Å². The van der Waals surface area contributed by atoms with Crippen LogP contribution in [0.3, 0.4) is 0 Å². The van der Waals surface area contributed by atoms with Crippen molar-refractivity contribution in [1.82, 2.24) is 0 Å². The Kier molecular flexibility index (Phi) is 7.92. The number of halogens is 1. The largest absolute Gasteiger partial charge is 0.391 e. The fourth-order valence-electron chi connectivity index (χ4n) is 1.37. The van der Waals surface area contributed by atoms with Crippen molar-refractivity contribution in [2.45, 2.75) is 18.7 Å². The number of hydrogen-bond acceptors (Lipinski definition) is 5. The van der Waals surface area contributed by atoms with E-state index in [2.05, 4.69) is 0 Å². The Labute approximate surface area is 127 Å². The molecule has 1 aromatic carbocycles. The Bertz CT molecular complexity index is 484. The standard InChI is InChI=1S/C13H18FO3PS2/c1-4-16-18(15,17-5-2)12(14)13(19-3)20-11-9-7-6-8-10-11/h6-10H,4-5H2,1-3H3/b13-12-. The van der Waals surface area contributed by atoms with Crippen LogP contribution in [-0.2, 0) is 13.6 Å². The lowest BCUT2D eigenvalue weighted by atomic mass is 10.4. The smallest absolute Gasteiger partial charge is 0.304 e. The first-order valence-corrected chi connectivity index (χ1v) is 9.72. The van der Waals surface area contributed by atoms with Crippen molar-refractivity contribution in [3.8, 4) is 0 Å². The van der Waals surface area contributed by atoms with Crippen LogP contribution in [0.25, 0.3) is 0 Å². The van der Waals surface area contributed by atoms with E-state index >= 15 is 0 Å². The van der Waals surface area contributed by atoms with Gasteiger partial charge in [0.2, 0.25) is 5.57 Å². The molecule has 1 rings (SSSR count). The molecule has 0 aliphatic carbocycles. The van der Waals surface area contributed by atoms with Gasteiger partial charge in [0.15, 0.2) is 0 Å². The van der Waals surface area contributed by atoms with Gasteiger partial charge in [0.25, 0.3) is 0 Å². The summed E-state index contributed by atoms with van der Waals surface area (Å²) in [6.45, 7) is 3.56. The van der Waals surface area contributed by atoms with Gasteiger partial charge in [-0.25, -0.2) is 0 Å². The Morgan fingerprint density at radius 1 is 1.20 bits per heavy atom. The number of rotatable bonds is 8. The number of benzene rings is 1. The first kappa shape index (κ1) is 17.8. The molecule has 0 N–H and O–H groups in total. The average molecular weight is 336 g/mol. The van der Waals surface area contributed by atoms with E-state index in [9.17, 15) is 8.96 Å². The minimum Gasteiger partial charge on any atom is -0.304 e. The van der Waals surface area contributed by atoms with E-state index in [-0.39, 0.29) is 13.2 Å². The van der Waals surface area contributed by atoms with E-state index in [1.54, 1.807) is 20.1 Å². The maximum atomic E-state index is 14.5. The molecule has 0 aliphatic rings. The fourth-order valence-corrected chi connectivity index (χ4v) is 5.03. The van der Waals surface area contributed by atoms with Crippen LogP contribution in [0.2, 0.25) is 0 Å². The molecule has 0 atom stereocenters. The van der Waals surface area contributed by atoms with E-state index in [1.165, 1.54) is 23.5 Å². The van der Waals surface area contributed by atoms with Gasteiger partial charge in [0.1, 0.15) is 0 Å². The van der Waals surface area contributed by atoms with E-state index < -0.39 is 13.2 Å². The normalized spacial score (nSPS) is 13.2. The van der Waals surface area contributed by atoms with E-state index in [0.717, 1.165) is 4.90 Å². The molecule has 1 aromatic rings. The highest BCUT2D eigenvalue weighted by atomic mass is 32.2. The van der Waals surface area contributed by atoms with E-state index in [0.29, 0.717) is 4.24 Å². The Hall–Kier alpha value is -0.260. The van der Waals surface area contributed by atoms with Gasteiger partial charge in [0, 0.05) is 4.90 Å². The summed E-state index contributed by atoms with van der Waals surface area (Å²) < 4.78 is 37.2. The van der Waals surface area contributed by atoms with Gasteiger partial charge in [-0.1, -0.05) is 30.0 Å². The predicted molar refractivity (Wildman–Crippen MR) is 84.8 cm³/mol. The third-order valence-corrected chi connectivity index (χ3v) is 6.52. The van der Waals surface area contributed by atoms with Gasteiger partial charge in [-0.2, -0.15) is 4.39 Å². The monoisotopic (exact) mass is 336 g/mol. The zero-order valence-corrected chi connectivity index (χ0v) is 14.2. The topological polar surface area (TPSA) is 35.5 Å². The first-order valence-electron chi connectivity index (χ1n) is 6.13. The maximum Gasteiger partial charge on any atom is 0.391 e. The highest BCUT2D eigenvalue weighted by Crippen LogP contribution is 2.60. The number of hydrogen-bond donors (Lipinski definition) is 0. The highest BCUT2D eigenvalue weighted by Gasteiger charge is 2.33. The average Bonchev–Trinajstić information content (AvgIpc) is 2.45. The van der Waals surface area contributed by atoms with Crippen molar-refractivity contribution in [1.29, 1.82) is 0 Å². The summed E-state index contributed by atoms with van der Waals surface area (Å²) in [6, 6.07) is 9.33. The van der Waals surface area contributed by atoms with Crippen LogP contribution in [0, 0.1) is 0 Å². The zero-order valence-electron chi connectivity index (χ0n) is 11.7. The Morgan fingerprint density at radius 2 is 1.75 bits per heavy atom. The third kappa shape index (κ3) is 4.93. The lowest BCUT2D eigenvalue weighted by molar-refractivity contribution is 0.220. The van der Waals surface area contributed by atoms with Crippen LogP contribution in [0.15, 0.2) is 45.0 Å². The lowest BCUT2D eigenvalue weighted by Gasteiger charge is -2.17. The van der Waals surface area contributed by atoms with Crippen molar-refractivity contribution in [3.05, 3.63) is 40.1 Å². The van der Waals surface area contributed by atoms with Crippen molar-refractivity contribution in [2.75, 3.05) is 19.5 Å². The highest BCUT2D eigenvalue weighted by molar-refractivity contribution is 8.22. The molecule has 0 spiro atoms. The van der Waals surface area contributed by atoms with Crippen molar-refractivity contribution in [2.24, 2.45) is 0 Å². The minimum atomic E-state index is -3.85. The van der Waals surface area contributed by atoms with Crippen molar-refractivity contribution in [3.63, 3.8) is 0 Å². The summed E-state index contributed by atoms with van der Waals surface area (Å²) in [7, 11) is -3.85. The summed E-state index contributed by atoms with van der Waals surface area (Å²) in [4.78, 5) is 0.867. The second-order valence-electron chi connectivity index (χ2n) is 3.53. The molecule has 20 heavy (non-hydrogen) atoms. The Balaban J connectivity index is 3.06. The fraction of sp³-hybridized carbons (Fsp3) is 0.385. The molecule has 0 fully saturated rings. The molecule has 112 valence electrons. The second kappa shape index (κ2) is 8.90. The van der Waals surface area contributed by atoms with Crippen molar-refractivity contribution >= 4 is 31.1 Å². The molecular weight excluding hydrogens is 318 g/mol. The molecule has 0 bridgehead atoms. The van der Waals surface area contributed by atoms with Crippen molar-refractivity contribution < 1.29 is 18.0 Å². The first-order chi connectivity index (χ1) is 9.57. The molecular formula is C13H18FO3PS2. The van der Waals surface area contributed by atoms with Crippen LogP contribution in [-0.4, -0.2) is 19.5 Å². The van der Waals surface area contributed by atoms with Crippen LogP contribution < -0.4 is 0 Å². The Morgan fingerprint density at radius 3 is 2.20 bits per heavy atom. The van der Waals surface area contributed by atoms with Gasteiger partial charge in [-0.15, -0.1) is 11.8 Å². The van der Waals surface area contributed by atoms with Gasteiger partial charge >= 0.3 is 7.60 Å². The van der Waals surface area contributed by atoms with Gasteiger partial charge in [-0.05, 0) is 32.2 Å². The summed E-state index contributed by atoms with van der Waals surface area (Å²) in [5.74, 6) is 0. The molecule has 0 heterocycles.